The summed E-state index contributed by atoms with van der Waals surface area (Å²) in [7, 11) is 0. The number of ether oxygens (including phenoxy) is 1. The van der Waals surface area contributed by atoms with E-state index in [2.05, 4.69) is 32.9 Å². The number of amides is 1. The van der Waals surface area contributed by atoms with E-state index in [1.54, 1.807) is 6.20 Å². The van der Waals surface area contributed by atoms with Crippen molar-refractivity contribution in [1.29, 1.82) is 0 Å². The highest BCUT2D eigenvalue weighted by atomic mass is 16.5. The molecule has 1 amide bonds. The van der Waals surface area contributed by atoms with Crippen LogP contribution in [0.5, 0.6) is 5.88 Å². The maximum absolute atomic E-state index is 12.0. The van der Waals surface area contributed by atoms with Gasteiger partial charge in [-0.05, 0) is 40.2 Å². The SMILES string of the molecule is CCCCOc1ncccc1CN=C(NCC)NCC(=O)NC(C)(C)C. The molecule has 0 saturated carbocycles. The fourth-order valence-corrected chi connectivity index (χ4v) is 2.12. The van der Waals surface area contributed by atoms with Gasteiger partial charge >= 0.3 is 0 Å². The van der Waals surface area contributed by atoms with Crippen LogP contribution in [0, 0.1) is 0 Å². The van der Waals surface area contributed by atoms with E-state index in [1.807, 2.05) is 39.8 Å². The third kappa shape index (κ3) is 9.25. The van der Waals surface area contributed by atoms with Gasteiger partial charge in [0.05, 0.1) is 19.7 Å². The van der Waals surface area contributed by atoms with E-state index in [0.29, 0.717) is 31.5 Å². The molecule has 0 aliphatic heterocycles. The quantitative estimate of drug-likeness (QED) is 0.356. The second-order valence-corrected chi connectivity index (χ2v) is 7.02. The monoisotopic (exact) mass is 363 g/mol. The van der Waals surface area contributed by atoms with Crippen molar-refractivity contribution in [3.05, 3.63) is 23.9 Å². The van der Waals surface area contributed by atoms with Crippen LogP contribution in [0.4, 0.5) is 0 Å². The lowest BCUT2D eigenvalue weighted by Crippen LogP contribution is -2.48. The van der Waals surface area contributed by atoms with Crippen molar-refractivity contribution < 1.29 is 9.53 Å². The molecule has 1 aromatic rings. The molecule has 1 heterocycles. The number of carbonyl (C=O) groups is 1. The zero-order chi connectivity index (χ0) is 19.4. The second-order valence-electron chi connectivity index (χ2n) is 7.02. The lowest BCUT2D eigenvalue weighted by molar-refractivity contribution is -0.121. The van der Waals surface area contributed by atoms with Gasteiger partial charge in [0, 0.05) is 23.8 Å². The zero-order valence-electron chi connectivity index (χ0n) is 16.7. The van der Waals surface area contributed by atoms with Crippen LogP contribution in [0.25, 0.3) is 0 Å². The normalized spacial score (nSPS) is 11.8. The molecule has 0 atom stereocenters. The summed E-state index contributed by atoms with van der Waals surface area (Å²) in [5.41, 5.74) is 0.661. The molecule has 0 aliphatic rings. The maximum atomic E-state index is 12.0. The predicted octanol–water partition coefficient (Wildman–Crippen LogP) is 2.23. The molecular formula is C19H33N5O2. The molecule has 1 aromatic heterocycles. The largest absolute Gasteiger partial charge is 0.477 e. The van der Waals surface area contributed by atoms with Crippen molar-refractivity contribution in [2.24, 2.45) is 4.99 Å². The average molecular weight is 364 g/mol. The van der Waals surface area contributed by atoms with Crippen LogP contribution in [0.3, 0.4) is 0 Å². The van der Waals surface area contributed by atoms with Crippen LogP contribution in [0.1, 0.15) is 53.0 Å². The Bertz CT molecular complexity index is 582. The number of hydrogen-bond donors (Lipinski definition) is 3. The minimum Gasteiger partial charge on any atom is -0.477 e. The molecule has 0 fully saturated rings. The van der Waals surface area contributed by atoms with Crippen molar-refractivity contribution in [1.82, 2.24) is 20.9 Å². The van der Waals surface area contributed by atoms with E-state index in [9.17, 15) is 4.79 Å². The molecule has 26 heavy (non-hydrogen) atoms. The number of unbranched alkanes of at least 4 members (excludes halogenated alkanes) is 1. The molecule has 0 radical (unpaired) electrons. The summed E-state index contributed by atoms with van der Waals surface area (Å²) in [6, 6.07) is 3.82. The molecule has 146 valence electrons. The van der Waals surface area contributed by atoms with Gasteiger partial charge in [0.2, 0.25) is 11.8 Å². The molecule has 0 aromatic carbocycles. The van der Waals surface area contributed by atoms with Crippen molar-refractivity contribution >= 4 is 11.9 Å². The molecule has 0 bridgehead atoms. The van der Waals surface area contributed by atoms with Crippen LogP contribution >= 0.6 is 0 Å². The van der Waals surface area contributed by atoms with Crippen molar-refractivity contribution in [2.75, 3.05) is 19.7 Å². The Morgan fingerprint density at radius 1 is 1.27 bits per heavy atom. The number of aromatic nitrogens is 1. The summed E-state index contributed by atoms with van der Waals surface area (Å²) >= 11 is 0. The summed E-state index contributed by atoms with van der Waals surface area (Å²) in [5.74, 6) is 1.12. The first-order chi connectivity index (χ1) is 12.4. The van der Waals surface area contributed by atoms with Gasteiger partial charge in [0.25, 0.3) is 0 Å². The minimum absolute atomic E-state index is 0.0759. The summed E-state index contributed by atoms with van der Waals surface area (Å²) in [5, 5.41) is 9.11. The Morgan fingerprint density at radius 3 is 2.69 bits per heavy atom. The molecule has 7 heteroatoms. The van der Waals surface area contributed by atoms with E-state index < -0.39 is 0 Å². The molecule has 0 saturated heterocycles. The van der Waals surface area contributed by atoms with Crippen LogP contribution in [0.2, 0.25) is 0 Å². The zero-order valence-corrected chi connectivity index (χ0v) is 16.7. The third-order valence-corrected chi connectivity index (χ3v) is 3.27. The van der Waals surface area contributed by atoms with Crippen molar-refractivity contribution in [2.45, 2.75) is 59.5 Å². The Hall–Kier alpha value is -2.31. The maximum Gasteiger partial charge on any atom is 0.239 e. The number of rotatable bonds is 9. The Labute approximate surface area is 157 Å². The minimum atomic E-state index is -0.255. The van der Waals surface area contributed by atoms with Gasteiger partial charge in [-0.25, -0.2) is 9.98 Å². The summed E-state index contributed by atoms with van der Waals surface area (Å²) < 4.78 is 5.74. The molecule has 0 unspecified atom stereocenters. The highest BCUT2D eigenvalue weighted by Crippen LogP contribution is 2.15. The first-order valence-corrected chi connectivity index (χ1v) is 9.25. The second kappa shape index (κ2) is 11.3. The number of aliphatic imine (C=N–C) groups is 1. The average Bonchev–Trinajstić information content (AvgIpc) is 2.57. The lowest BCUT2D eigenvalue weighted by Gasteiger charge is -2.21. The van der Waals surface area contributed by atoms with Crippen molar-refractivity contribution in [3.63, 3.8) is 0 Å². The van der Waals surface area contributed by atoms with E-state index in [0.717, 1.165) is 18.4 Å². The number of guanidine groups is 1. The molecule has 0 aliphatic carbocycles. The van der Waals surface area contributed by atoms with Gasteiger partial charge in [0.15, 0.2) is 5.96 Å². The smallest absolute Gasteiger partial charge is 0.239 e. The Balaban J connectivity index is 2.67. The standard InChI is InChI=1S/C19H33N5O2/c1-6-8-12-26-17-15(10-9-11-21-17)13-22-18(20-7-2)23-14-16(25)24-19(3,4)5/h9-11H,6-8,12-14H2,1-5H3,(H,24,25)(H2,20,22,23). The van der Waals surface area contributed by atoms with Crippen LogP contribution in [0.15, 0.2) is 23.3 Å². The van der Waals surface area contributed by atoms with E-state index in [-0.39, 0.29) is 18.0 Å². The highest BCUT2D eigenvalue weighted by molar-refractivity contribution is 5.86. The lowest BCUT2D eigenvalue weighted by atomic mass is 10.1. The summed E-state index contributed by atoms with van der Waals surface area (Å²) in [6.45, 7) is 11.9. The Morgan fingerprint density at radius 2 is 2.04 bits per heavy atom. The van der Waals surface area contributed by atoms with Crippen LogP contribution in [-0.2, 0) is 11.3 Å². The predicted molar refractivity (Wildman–Crippen MR) is 105 cm³/mol. The molecule has 0 spiro atoms. The van der Waals surface area contributed by atoms with Gasteiger partial charge in [-0.3, -0.25) is 4.79 Å². The first kappa shape index (κ1) is 21.7. The number of hydrogen-bond acceptors (Lipinski definition) is 4. The first-order valence-electron chi connectivity index (χ1n) is 9.25. The van der Waals surface area contributed by atoms with Crippen molar-refractivity contribution in [3.8, 4) is 5.88 Å². The molecule has 1 rings (SSSR count). The van der Waals surface area contributed by atoms with Gasteiger partial charge in [-0.1, -0.05) is 19.4 Å². The number of carbonyl (C=O) groups excluding carboxylic acids is 1. The highest BCUT2D eigenvalue weighted by Gasteiger charge is 2.13. The fraction of sp³-hybridized carbons (Fsp3) is 0.632. The van der Waals surface area contributed by atoms with E-state index in [1.165, 1.54) is 0 Å². The molecular weight excluding hydrogens is 330 g/mol. The van der Waals surface area contributed by atoms with Gasteiger partial charge in [0.1, 0.15) is 0 Å². The number of pyridine rings is 1. The van der Waals surface area contributed by atoms with Crippen LogP contribution in [-0.4, -0.2) is 42.1 Å². The van der Waals surface area contributed by atoms with E-state index >= 15 is 0 Å². The molecule has 3 N–H and O–H groups in total. The van der Waals surface area contributed by atoms with Gasteiger partial charge in [-0.2, -0.15) is 0 Å². The summed E-state index contributed by atoms with van der Waals surface area (Å²) in [4.78, 5) is 20.8. The topological polar surface area (TPSA) is 87.6 Å². The number of nitrogens with zero attached hydrogens (tertiary/aromatic N) is 2. The van der Waals surface area contributed by atoms with E-state index in [4.69, 9.17) is 4.74 Å². The third-order valence-electron chi connectivity index (χ3n) is 3.27. The van der Waals surface area contributed by atoms with Gasteiger partial charge < -0.3 is 20.7 Å². The fourth-order valence-electron chi connectivity index (χ4n) is 2.12. The Kier molecular flexibility index (Phi) is 9.47. The summed E-state index contributed by atoms with van der Waals surface area (Å²) in [6.07, 6.45) is 3.78. The number of nitrogens with one attached hydrogen (secondary N) is 3. The van der Waals surface area contributed by atoms with Gasteiger partial charge in [-0.15, -0.1) is 0 Å². The molecule has 7 nitrogen and oxygen atoms in total. The van der Waals surface area contributed by atoms with Crippen LogP contribution < -0.4 is 20.7 Å².